The smallest absolute Gasteiger partial charge is 0.339 e. The van der Waals surface area contributed by atoms with Crippen LogP contribution in [0.1, 0.15) is 10.4 Å². The molecule has 0 saturated heterocycles. The van der Waals surface area contributed by atoms with Gasteiger partial charge in [-0.3, -0.25) is 0 Å². The highest BCUT2D eigenvalue weighted by Gasteiger charge is 2.18. The molecule has 2 aromatic heterocycles. The lowest BCUT2D eigenvalue weighted by atomic mass is 10.1. The van der Waals surface area contributed by atoms with Crippen LogP contribution in [0.25, 0.3) is 16.7 Å². The summed E-state index contributed by atoms with van der Waals surface area (Å²) in [4.78, 5) is 16.0. The first-order valence-electron chi connectivity index (χ1n) is 7.81. The van der Waals surface area contributed by atoms with Gasteiger partial charge in [-0.1, -0.05) is 29.8 Å². The van der Waals surface area contributed by atoms with Crippen molar-refractivity contribution in [3.05, 3.63) is 77.6 Å². The van der Waals surface area contributed by atoms with Crippen molar-refractivity contribution in [2.75, 3.05) is 5.32 Å². The summed E-state index contributed by atoms with van der Waals surface area (Å²) in [6.45, 7) is 0. The summed E-state index contributed by atoms with van der Waals surface area (Å²) in [5.41, 5.74) is 2.64. The molecule has 2 N–H and O–H groups in total. The Labute approximate surface area is 153 Å². The Balaban J connectivity index is 1.88. The Morgan fingerprint density at radius 1 is 1.04 bits per heavy atom. The van der Waals surface area contributed by atoms with Crippen LogP contribution in [0, 0.1) is 0 Å². The quantitative estimate of drug-likeness (QED) is 0.556. The number of pyridine rings is 1. The van der Waals surface area contributed by atoms with Gasteiger partial charge in [-0.05, 0) is 36.4 Å². The van der Waals surface area contributed by atoms with Crippen molar-refractivity contribution in [1.82, 2.24) is 14.8 Å². The van der Waals surface area contributed by atoms with E-state index in [4.69, 9.17) is 11.6 Å². The number of anilines is 2. The molecular weight excluding hydrogens is 352 g/mol. The lowest BCUT2D eigenvalue weighted by Gasteiger charge is -2.11. The van der Waals surface area contributed by atoms with Gasteiger partial charge in [0.15, 0.2) is 5.65 Å². The number of rotatable bonds is 4. The molecule has 26 heavy (non-hydrogen) atoms. The maximum absolute atomic E-state index is 11.7. The number of nitrogens with zero attached hydrogens (tertiary/aromatic N) is 3. The standard InChI is InChI=1S/C19H13ClN4O2/c20-12-6-8-13(9-7-12)23-17-15-11-22-24(14-4-2-1-3-5-14)18(15)21-10-16(17)19(25)26/h1-11H,(H,21,23)(H,25,26). The molecule has 4 aromatic rings. The Morgan fingerprint density at radius 3 is 2.46 bits per heavy atom. The van der Waals surface area contributed by atoms with Gasteiger partial charge in [0, 0.05) is 16.9 Å². The van der Waals surface area contributed by atoms with Crippen LogP contribution in [-0.2, 0) is 0 Å². The molecule has 0 spiro atoms. The second-order valence-corrected chi connectivity index (χ2v) is 6.05. The monoisotopic (exact) mass is 364 g/mol. The molecule has 0 aliphatic carbocycles. The van der Waals surface area contributed by atoms with Gasteiger partial charge in [0.05, 0.1) is 23.0 Å². The van der Waals surface area contributed by atoms with Crippen LogP contribution in [0.5, 0.6) is 0 Å². The van der Waals surface area contributed by atoms with E-state index in [1.807, 2.05) is 30.3 Å². The number of para-hydroxylation sites is 1. The summed E-state index contributed by atoms with van der Waals surface area (Å²) < 4.78 is 1.67. The minimum atomic E-state index is -1.07. The van der Waals surface area contributed by atoms with Gasteiger partial charge >= 0.3 is 5.97 Å². The van der Waals surface area contributed by atoms with E-state index in [1.165, 1.54) is 6.20 Å². The zero-order chi connectivity index (χ0) is 18.1. The van der Waals surface area contributed by atoms with E-state index < -0.39 is 5.97 Å². The molecule has 2 aromatic carbocycles. The van der Waals surface area contributed by atoms with Gasteiger partial charge in [-0.15, -0.1) is 0 Å². The number of halogens is 1. The Bertz CT molecular complexity index is 1090. The van der Waals surface area contributed by atoms with Crippen molar-refractivity contribution in [1.29, 1.82) is 0 Å². The SMILES string of the molecule is O=C(O)c1cnc2c(cnn2-c2ccccc2)c1Nc1ccc(Cl)cc1. The van der Waals surface area contributed by atoms with Crippen LogP contribution in [0.15, 0.2) is 67.0 Å². The lowest BCUT2D eigenvalue weighted by molar-refractivity contribution is 0.0697. The van der Waals surface area contributed by atoms with E-state index in [-0.39, 0.29) is 5.56 Å². The Hall–Kier alpha value is -3.38. The molecule has 0 atom stereocenters. The van der Waals surface area contributed by atoms with Gasteiger partial charge < -0.3 is 10.4 Å². The molecule has 0 aliphatic rings. The minimum absolute atomic E-state index is 0.0695. The third-order valence-corrected chi connectivity index (χ3v) is 4.20. The second kappa shape index (κ2) is 6.50. The highest BCUT2D eigenvalue weighted by Crippen LogP contribution is 2.30. The number of carbonyl (C=O) groups is 1. The summed E-state index contributed by atoms with van der Waals surface area (Å²) in [7, 11) is 0. The van der Waals surface area contributed by atoms with Gasteiger partial charge in [0.2, 0.25) is 0 Å². The highest BCUT2D eigenvalue weighted by atomic mass is 35.5. The average molecular weight is 365 g/mol. The third kappa shape index (κ3) is 2.87. The normalized spacial score (nSPS) is 10.8. The molecule has 6 nitrogen and oxygen atoms in total. The summed E-state index contributed by atoms with van der Waals surface area (Å²) >= 11 is 5.92. The molecule has 128 valence electrons. The Kier molecular flexibility index (Phi) is 4.02. The number of fused-ring (bicyclic) bond motifs is 1. The van der Waals surface area contributed by atoms with Gasteiger partial charge in [-0.2, -0.15) is 5.10 Å². The fourth-order valence-corrected chi connectivity index (χ4v) is 2.84. The van der Waals surface area contributed by atoms with Crippen molar-refractivity contribution >= 4 is 40.0 Å². The van der Waals surface area contributed by atoms with E-state index in [0.717, 1.165) is 11.4 Å². The number of hydrogen-bond donors (Lipinski definition) is 2. The topological polar surface area (TPSA) is 80.0 Å². The molecule has 2 heterocycles. The predicted molar refractivity (Wildman–Crippen MR) is 101 cm³/mol. The molecule has 4 rings (SSSR count). The number of aromatic nitrogens is 3. The summed E-state index contributed by atoms with van der Waals surface area (Å²) in [5, 5.41) is 18.3. The van der Waals surface area contributed by atoms with E-state index in [2.05, 4.69) is 15.4 Å². The maximum atomic E-state index is 11.7. The first kappa shape index (κ1) is 16.1. The lowest BCUT2D eigenvalue weighted by Crippen LogP contribution is -2.05. The number of benzene rings is 2. The van der Waals surface area contributed by atoms with Crippen LogP contribution in [-0.4, -0.2) is 25.8 Å². The van der Waals surface area contributed by atoms with Crippen LogP contribution in [0.2, 0.25) is 5.02 Å². The van der Waals surface area contributed by atoms with E-state index in [0.29, 0.717) is 21.7 Å². The molecule has 0 unspecified atom stereocenters. The number of hydrogen-bond acceptors (Lipinski definition) is 4. The van der Waals surface area contributed by atoms with E-state index >= 15 is 0 Å². The molecule has 0 fully saturated rings. The first-order chi connectivity index (χ1) is 12.6. The molecule has 0 radical (unpaired) electrons. The largest absolute Gasteiger partial charge is 0.478 e. The van der Waals surface area contributed by atoms with Crippen molar-refractivity contribution in [3.63, 3.8) is 0 Å². The molecule has 0 amide bonds. The van der Waals surface area contributed by atoms with Crippen LogP contribution in [0.3, 0.4) is 0 Å². The van der Waals surface area contributed by atoms with Crippen LogP contribution in [0.4, 0.5) is 11.4 Å². The molecule has 7 heteroatoms. The van der Waals surface area contributed by atoms with Crippen molar-refractivity contribution in [2.24, 2.45) is 0 Å². The van der Waals surface area contributed by atoms with Crippen LogP contribution < -0.4 is 5.32 Å². The molecular formula is C19H13ClN4O2. The summed E-state index contributed by atoms with van der Waals surface area (Å²) in [5.74, 6) is -1.07. The van der Waals surface area contributed by atoms with E-state index in [9.17, 15) is 9.90 Å². The number of nitrogens with one attached hydrogen (secondary N) is 1. The zero-order valence-corrected chi connectivity index (χ0v) is 14.2. The van der Waals surface area contributed by atoms with Crippen molar-refractivity contribution in [2.45, 2.75) is 0 Å². The van der Waals surface area contributed by atoms with Crippen molar-refractivity contribution in [3.8, 4) is 5.69 Å². The van der Waals surface area contributed by atoms with E-state index in [1.54, 1.807) is 35.1 Å². The second-order valence-electron chi connectivity index (χ2n) is 5.61. The first-order valence-corrected chi connectivity index (χ1v) is 8.19. The fourth-order valence-electron chi connectivity index (χ4n) is 2.71. The number of carboxylic acids is 1. The molecule has 0 aliphatic heterocycles. The number of carboxylic acid groups (broad SMARTS) is 1. The third-order valence-electron chi connectivity index (χ3n) is 3.94. The number of aromatic carboxylic acids is 1. The fraction of sp³-hybridized carbons (Fsp3) is 0. The Morgan fingerprint density at radius 2 is 1.77 bits per heavy atom. The van der Waals surface area contributed by atoms with Gasteiger partial charge in [0.1, 0.15) is 5.56 Å². The average Bonchev–Trinajstić information content (AvgIpc) is 3.09. The van der Waals surface area contributed by atoms with Crippen molar-refractivity contribution < 1.29 is 9.90 Å². The van der Waals surface area contributed by atoms with Crippen LogP contribution >= 0.6 is 11.6 Å². The highest BCUT2D eigenvalue weighted by molar-refractivity contribution is 6.30. The molecule has 0 saturated carbocycles. The predicted octanol–water partition coefficient (Wildman–Crippen LogP) is 4.52. The maximum Gasteiger partial charge on any atom is 0.339 e. The summed E-state index contributed by atoms with van der Waals surface area (Å²) in [6, 6.07) is 16.6. The summed E-state index contributed by atoms with van der Waals surface area (Å²) in [6.07, 6.45) is 2.95. The van der Waals surface area contributed by atoms with Gasteiger partial charge in [0.25, 0.3) is 0 Å². The van der Waals surface area contributed by atoms with Gasteiger partial charge in [-0.25, -0.2) is 14.5 Å². The minimum Gasteiger partial charge on any atom is -0.478 e. The zero-order valence-electron chi connectivity index (χ0n) is 13.4. The molecule has 0 bridgehead atoms.